The summed E-state index contributed by atoms with van der Waals surface area (Å²) in [6.45, 7) is 2.86. The number of aliphatic imine (C=N–C) groups is 1. The number of thiazole rings is 1. The maximum absolute atomic E-state index is 5.98. The van der Waals surface area contributed by atoms with E-state index in [9.17, 15) is 0 Å². The van der Waals surface area contributed by atoms with Crippen molar-refractivity contribution in [2.45, 2.75) is 70.8 Å². The van der Waals surface area contributed by atoms with Crippen LogP contribution in [0.5, 0.6) is 0 Å². The molecular weight excluding hydrogens is 280 g/mol. The molecule has 0 amide bonds. The average molecular weight is 308 g/mol. The summed E-state index contributed by atoms with van der Waals surface area (Å²) in [5.74, 6) is 0.631. The Balaban J connectivity index is 1.59. The molecule has 0 unspecified atom stereocenters. The van der Waals surface area contributed by atoms with E-state index in [2.05, 4.69) is 20.7 Å². The van der Waals surface area contributed by atoms with Crippen molar-refractivity contribution in [3.05, 3.63) is 16.1 Å². The summed E-state index contributed by atoms with van der Waals surface area (Å²) < 4.78 is 0. The fraction of sp³-hybridized carbons (Fsp3) is 0.750. The minimum atomic E-state index is 0.537. The zero-order chi connectivity index (χ0) is 14.9. The number of nitrogens with one attached hydrogen (secondary N) is 1. The van der Waals surface area contributed by atoms with Gasteiger partial charge in [-0.15, -0.1) is 11.3 Å². The molecule has 1 aromatic rings. The SMILES string of the molecule is Cc1csc(CCCCN=C(N)NC2CCCCCC2)n1. The molecule has 1 aliphatic rings. The number of nitrogens with zero attached hydrogens (tertiary/aromatic N) is 2. The lowest BCUT2D eigenvalue weighted by atomic mass is 10.1. The van der Waals surface area contributed by atoms with Gasteiger partial charge in [0.25, 0.3) is 0 Å². The van der Waals surface area contributed by atoms with E-state index in [0.717, 1.165) is 31.5 Å². The molecule has 0 saturated heterocycles. The van der Waals surface area contributed by atoms with Gasteiger partial charge in [-0.1, -0.05) is 25.7 Å². The van der Waals surface area contributed by atoms with Crippen LogP contribution in [-0.4, -0.2) is 23.5 Å². The number of guanidine groups is 1. The highest BCUT2D eigenvalue weighted by molar-refractivity contribution is 7.09. The maximum atomic E-state index is 5.98. The number of hydrogen-bond acceptors (Lipinski definition) is 3. The molecule has 5 heteroatoms. The summed E-state index contributed by atoms with van der Waals surface area (Å²) in [6, 6.07) is 0.537. The third-order valence-electron chi connectivity index (χ3n) is 3.95. The van der Waals surface area contributed by atoms with E-state index in [1.807, 2.05) is 6.92 Å². The molecule has 0 atom stereocenters. The first-order chi connectivity index (χ1) is 10.2. The molecule has 0 aliphatic heterocycles. The van der Waals surface area contributed by atoms with E-state index in [1.165, 1.54) is 43.5 Å². The number of aryl methyl sites for hydroxylation is 2. The first kappa shape index (κ1) is 16.3. The van der Waals surface area contributed by atoms with Crippen molar-refractivity contribution in [3.8, 4) is 0 Å². The summed E-state index contributed by atoms with van der Waals surface area (Å²) in [5.41, 5.74) is 7.11. The van der Waals surface area contributed by atoms with Crippen molar-refractivity contribution in [3.63, 3.8) is 0 Å². The van der Waals surface area contributed by atoms with Crippen LogP contribution in [-0.2, 0) is 6.42 Å². The van der Waals surface area contributed by atoms with Gasteiger partial charge in [0, 0.05) is 23.7 Å². The summed E-state index contributed by atoms with van der Waals surface area (Å²) in [7, 11) is 0. The third kappa shape index (κ3) is 6.46. The minimum Gasteiger partial charge on any atom is -0.370 e. The summed E-state index contributed by atoms with van der Waals surface area (Å²) in [5, 5.41) is 6.74. The van der Waals surface area contributed by atoms with Crippen LogP contribution in [0.4, 0.5) is 0 Å². The van der Waals surface area contributed by atoms with Gasteiger partial charge < -0.3 is 11.1 Å². The normalized spacial score (nSPS) is 17.7. The number of hydrogen-bond donors (Lipinski definition) is 2. The monoisotopic (exact) mass is 308 g/mol. The topological polar surface area (TPSA) is 63.3 Å². The first-order valence-corrected chi connectivity index (χ1v) is 9.09. The van der Waals surface area contributed by atoms with Crippen molar-refractivity contribution >= 4 is 17.3 Å². The molecule has 1 fully saturated rings. The lowest BCUT2D eigenvalue weighted by molar-refractivity contribution is 0.529. The third-order valence-corrected chi connectivity index (χ3v) is 4.98. The highest BCUT2D eigenvalue weighted by Gasteiger charge is 2.11. The van der Waals surface area contributed by atoms with E-state index in [0.29, 0.717) is 12.0 Å². The van der Waals surface area contributed by atoms with Crippen molar-refractivity contribution in [1.29, 1.82) is 0 Å². The van der Waals surface area contributed by atoms with Crippen LogP contribution in [0.2, 0.25) is 0 Å². The van der Waals surface area contributed by atoms with E-state index in [1.54, 1.807) is 11.3 Å². The van der Waals surface area contributed by atoms with Crippen molar-refractivity contribution in [2.24, 2.45) is 10.7 Å². The Bertz CT molecular complexity index is 433. The fourth-order valence-electron chi connectivity index (χ4n) is 2.78. The molecule has 0 aromatic carbocycles. The predicted octanol–water partition coefficient (Wildman–Crippen LogP) is 3.40. The molecule has 2 rings (SSSR count). The quantitative estimate of drug-likeness (QED) is 0.366. The second kappa shape index (κ2) is 9.03. The van der Waals surface area contributed by atoms with Gasteiger partial charge in [0.15, 0.2) is 5.96 Å². The van der Waals surface area contributed by atoms with Crippen molar-refractivity contribution < 1.29 is 0 Å². The standard InChI is InChI=1S/C16H28N4S/c1-13-12-21-15(19-13)10-6-7-11-18-16(17)20-14-8-4-2-3-5-9-14/h12,14H,2-11H2,1H3,(H3,17,18,20). The summed E-state index contributed by atoms with van der Waals surface area (Å²) in [4.78, 5) is 8.93. The number of rotatable bonds is 6. The second-order valence-corrected chi connectivity index (χ2v) is 6.88. The molecule has 1 saturated carbocycles. The van der Waals surface area contributed by atoms with Crippen LogP contribution in [0.15, 0.2) is 10.4 Å². The molecule has 4 nitrogen and oxygen atoms in total. The molecule has 0 bridgehead atoms. The second-order valence-electron chi connectivity index (χ2n) is 5.94. The van der Waals surface area contributed by atoms with Gasteiger partial charge in [-0.3, -0.25) is 4.99 Å². The average Bonchev–Trinajstić information content (AvgIpc) is 2.72. The molecular formula is C16H28N4S. The molecule has 0 radical (unpaired) electrons. The van der Waals surface area contributed by atoms with Gasteiger partial charge in [-0.25, -0.2) is 4.98 Å². The first-order valence-electron chi connectivity index (χ1n) is 8.21. The van der Waals surface area contributed by atoms with Gasteiger partial charge in [-0.2, -0.15) is 0 Å². The van der Waals surface area contributed by atoms with E-state index in [4.69, 9.17) is 5.73 Å². The minimum absolute atomic E-state index is 0.537. The Hall–Kier alpha value is -1.10. The van der Waals surface area contributed by atoms with E-state index < -0.39 is 0 Å². The maximum Gasteiger partial charge on any atom is 0.188 e. The van der Waals surface area contributed by atoms with Crippen LogP contribution in [0.3, 0.4) is 0 Å². The van der Waals surface area contributed by atoms with Gasteiger partial charge in [0.05, 0.1) is 5.01 Å². The molecule has 0 spiro atoms. The zero-order valence-corrected chi connectivity index (χ0v) is 13.9. The largest absolute Gasteiger partial charge is 0.370 e. The molecule has 1 heterocycles. The number of nitrogens with two attached hydrogens (primary N) is 1. The van der Waals surface area contributed by atoms with Gasteiger partial charge in [-0.05, 0) is 39.0 Å². The Morgan fingerprint density at radius 2 is 2.10 bits per heavy atom. The highest BCUT2D eigenvalue weighted by Crippen LogP contribution is 2.17. The Labute approximate surface area is 132 Å². The number of aromatic nitrogens is 1. The molecule has 1 aliphatic carbocycles. The van der Waals surface area contributed by atoms with Crippen LogP contribution < -0.4 is 11.1 Å². The smallest absolute Gasteiger partial charge is 0.188 e. The van der Waals surface area contributed by atoms with Gasteiger partial charge in [0.1, 0.15) is 0 Å². The summed E-state index contributed by atoms with van der Waals surface area (Å²) >= 11 is 1.76. The Morgan fingerprint density at radius 1 is 1.33 bits per heavy atom. The van der Waals surface area contributed by atoms with Crippen LogP contribution in [0, 0.1) is 6.92 Å². The van der Waals surface area contributed by atoms with Crippen LogP contribution >= 0.6 is 11.3 Å². The lowest BCUT2D eigenvalue weighted by Crippen LogP contribution is -2.39. The molecule has 118 valence electrons. The van der Waals surface area contributed by atoms with Crippen molar-refractivity contribution in [1.82, 2.24) is 10.3 Å². The lowest BCUT2D eigenvalue weighted by Gasteiger charge is -2.16. The summed E-state index contributed by atoms with van der Waals surface area (Å²) in [6.07, 6.45) is 11.1. The van der Waals surface area contributed by atoms with E-state index >= 15 is 0 Å². The zero-order valence-electron chi connectivity index (χ0n) is 13.1. The Kier molecular flexibility index (Phi) is 7.00. The Morgan fingerprint density at radius 3 is 2.76 bits per heavy atom. The fourth-order valence-corrected chi connectivity index (χ4v) is 3.60. The predicted molar refractivity (Wildman–Crippen MR) is 90.9 cm³/mol. The number of unbranched alkanes of at least 4 members (excludes halogenated alkanes) is 1. The molecule has 3 N–H and O–H groups in total. The molecule has 21 heavy (non-hydrogen) atoms. The van der Waals surface area contributed by atoms with E-state index in [-0.39, 0.29) is 0 Å². The van der Waals surface area contributed by atoms with Gasteiger partial charge in [0.2, 0.25) is 0 Å². The van der Waals surface area contributed by atoms with Crippen molar-refractivity contribution in [2.75, 3.05) is 6.54 Å². The van der Waals surface area contributed by atoms with Gasteiger partial charge >= 0.3 is 0 Å². The van der Waals surface area contributed by atoms with Crippen LogP contribution in [0.1, 0.15) is 62.1 Å². The highest BCUT2D eigenvalue weighted by atomic mass is 32.1. The van der Waals surface area contributed by atoms with Crippen LogP contribution in [0.25, 0.3) is 0 Å². The molecule has 1 aromatic heterocycles.